The van der Waals surface area contributed by atoms with Crippen LogP contribution in [0.3, 0.4) is 0 Å². The van der Waals surface area contributed by atoms with Crippen LogP contribution in [-0.2, 0) is 16.1 Å². The van der Waals surface area contributed by atoms with Gasteiger partial charge in [-0.2, -0.15) is 5.11 Å². The number of hydrogen-bond acceptors (Lipinski definition) is 7. The van der Waals surface area contributed by atoms with Crippen LogP contribution in [0.4, 0.5) is 5.69 Å². The molecule has 0 aliphatic heterocycles. The molecule has 1 aromatic heterocycles. The lowest BCUT2D eigenvalue weighted by Crippen LogP contribution is -2.21. The van der Waals surface area contributed by atoms with Crippen molar-refractivity contribution in [2.75, 3.05) is 19.8 Å². The third-order valence-electron chi connectivity index (χ3n) is 6.81. The summed E-state index contributed by atoms with van der Waals surface area (Å²) < 4.78 is 14.8. The van der Waals surface area contributed by atoms with Gasteiger partial charge in [0.25, 0.3) is 0 Å². The molecule has 0 aliphatic rings. The molecule has 2 rings (SSSR count). The summed E-state index contributed by atoms with van der Waals surface area (Å²) in [6, 6.07) is 3.98. The van der Waals surface area contributed by atoms with Crippen LogP contribution in [0.2, 0.25) is 0 Å². The van der Waals surface area contributed by atoms with E-state index in [0.717, 1.165) is 40.8 Å². The Hall–Kier alpha value is -2.48. The minimum atomic E-state index is -0.391. The fourth-order valence-electron chi connectivity index (χ4n) is 4.27. The molecule has 0 bridgehead atoms. The van der Waals surface area contributed by atoms with Gasteiger partial charge in [0.1, 0.15) is 18.0 Å². The number of hydrogen-bond donors (Lipinski definition) is 1. The predicted octanol–water partition coefficient (Wildman–Crippen LogP) is 8.20. The van der Waals surface area contributed by atoms with Crippen LogP contribution in [0.5, 0.6) is 5.75 Å². The highest BCUT2D eigenvalue weighted by atomic mass is 32.1. The molecule has 2 aromatic rings. The number of carbonyl (C=O) groups excluding carboxylic acids is 1. The van der Waals surface area contributed by atoms with Gasteiger partial charge in [-0.1, -0.05) is 84.1 Å². The monoisotopic (exact) mass is 530 g/mol. The SMILES string of the molecule is C=C(C)C(=O)OCC/N=c1/sc2cc(N=N)c(OCC(CC)CCCC)cc2n1CC(CC)CCCC. The maximum atomic E-state index is 11.7. The van der Waals surface area contributed by atoms with Gasteiger partial charge in [-0.05, 0) is 37.7 Å². The summed E-state index contributed by atoms with van der Waals surface area (Å²) in [6.07, 6.45) is 9.25. The van der Waals surface area contributed by atoms with Crippen molar-refractivity contribution in [3.63, 3.8) is 0 Å². The smallest absolute Gasteiger partial charge is 0.333 e. The summed E-state index contributed by atoms with van der Waals surface area (Å²) in [4.78, 5) is 17.4. The summed E-state index contributed by atoms with van der Waals surface area (Å²) >= 11 is 1.58. The van der Waals surface area contributed by atoms with Crippen molar-refractivity contribution in [3.05, 3.63) is 29.1 Å². The van der Waals surface area contributed by atoms with Crippen LogP contribution in [0, 0.1) is 17.4 Å². The number of esters is 1. The lowest BCUT2D eigenvalue weighted by atomic mass is 9.99. The van der Waals surface area contributed by atoms with Crippen molar-refractivity contribution in [1.29, 1.82) is 5.53 Å². The van der Waals surface area contributed by atoms with Crippen molar-refractivity contribution in [2.24, 2.45) is 21.9 Å². The standard InChI is InChI=1S/C29H46N4O3S/c1-7-11-13-22(9-3)19-33-25-18-26(36-20-23(10-4)14-12-8-2)24(32-30)17-27(25)37-29(33)31-15-16-35-28(34)21(5)6/h17-18,22-23,30H,5,7-16,19-20H2,1-4,6H3/b31-29+,32-30?. The second-order valence-electron chi connectivity index (χ2n) is 9.84. The number of thiazole rings is 1. The summed E-state index contributed by atoms with van der Waals surface area (Å²) in [6.45, 7) is 16.3. The highest BCUT2D eigenvalue weighted by Crippen LogP contribution is 2.35. The average Bonchev–Trinajstić information content (AvgIpc) is 3.23. The molecule has 37 heavy (non-hydrogen) atoms. The van der Waals surface area contributed by atoms with E-state index in [4.69, 9.17) is 20.0 Å². The Balaban J connectivity index is 2.43. The largest absolute Gasteiger partial charge is 0.491 e. The van der Waals surface area contributed by atoms with Crippen molar-refractivity contribution < 1.29 is 14.3 Å². The topological polar surface area (TPSA) is 89.0 Å². The molecular weight excluding hydrogens is 484 g/mol. The molecule has 2 atom stereocenters. The van der Waals surface area contributed by atoms with Gasteiger partial charge >= 0.3 is 5.97 Å². The van der Waals surface area contributed by atoms with E-state index in [9.17, 15) is 4.79 Å². The lowest BCUT2D eigenvalue weighted by Gasteiger charge is -2.18. The number of ether oxygens (including phenoxy) is 2. The van der Waals surface area contributed by atoms with Crippen molar-refractivity contribution in [2.45, 2.75) is 92.5 Å². The van der Waals surface area contributed by atoms with Crippen molar-refractivity contribution in [1.82, 2.24) is 4.57 Å². The maximum absolute atomic E-state index is 11.7. The number of unbranched alkanes of at least 4 members (excludes halogenated alkanes) is 2. The summed E-state index contributed by atoms with van der Waals surface area (Å²) in [5, 5.41) is 3.78. The molecule has 0 saturated heterocycles. The van der Waals surface area contributed by atoms with Gasteiger partial charge in [-0.15, -0.1) is 0 Å². The Morgan fingerprint density at radius 1 is 1.11 bits per heavy atom. The summed E-state index contributed by atoms with van der Waals surface area (Å²) in [5.41, 5.74) is 9.75. The molecule has 0 spiro atoms. The van der Waals surface area contributed by atoms with E-state index in [1.807, 2.05) is 12.1 Å². The van der Waals surface area contributed by atoms with E-state index >= 15 is 0 Å². The van der Waals surface area contributed by atoms with Crippen LogP contribution < -0.4 is 9.54 Å². The molecule has 1 N–H and O–H groups in total. The Bertz CT molecular complexity index is 1090. The molecule has 8 heteroatoms. The van der Waals surface area contributed by atoms with Gasteiger partial charge in [-0.3, -0.25) is 4.99 Å². The maximum Gasteiger partial charge on any atom is 0.333 e. The first-order valence-electron chi connectivity index (χ1n) is 13.9. The molecule has 0 fully saturated rings. The summed E-state index contributed by atoms with van der Waals surface area (Å²) in [5.74, 6) is 1.31. The Kier molecular flexibility index (Phi) is 13.6. The first-order chi connectivity index (χ1) is 17.9. The molecule has 0 saturated carbocycles. The predicted molar refractivity (Wildman–Crippen MR) is 153 cm³/mol. The van der Waals surface area contributed by atoms with Gasteiger partial charge in [-0.25, -0.2) is 10.3 Å². The van der Waals surface area contributed by atoms with Gasteiger partial charge in [0.2, 0.25) is 0 Å². The molecule has 0 aliphatic carbocycles. The van der Waals surface area contributed by atoms with E-state index in [1.54, 1.807) is 18.3 Å². The third kappa shape index (κ3) is 9.40. The highest BCUT2D eigenvalue weighted by molar-refractivity contribution is 7.16. The second kappa shape index (κ2) is 16.4. The van der Waals surface area contributed by atoms with Crippen molar-refractivity contribution >= 4 is 33.2 Å². The van der Waals surface area contributed by atoms with E-state index in [2.05, 4.69) is 44.0 Å². The third-order valence-corrected chi connectivity index (χ3v) is 7.88. The zero-order valence-corrected chi connectivity index (χ0v) is 24.3. The Labute approximate surface area is 226 Å². The first-order valence-corrected chi connectivity index (χ1v) is 14.7. The Morgan fingerprint density at radius 2 is 1.78 bits per heavy atom. The van der Waals surface area contributed by atoms with Gasteiger partial charge in [0, 0.05) is 18.2 Å². The molecule has 0 amide bonds. The number of aromatic nitrogens is 1. The molecular formula is C29H46N4O3S. The molecule has 1 heterocycles. The van der Waals surface area contributed by atoms with Crippen LogP contribution in [0.1, 0.15) is 86.0 Å². The molecule has 2 unspecified atom stereocenters. The zero-order chi connectivity index (χ0) is 27.2. The number of fused-ring (bicyclic) bond motifs is 1. The van der Waals surface area contributed by atoms with Crippen LogP contribution >= 0.6 is 11.3 Å². The number of benzene rings is 1. The first kappa shape index (κ1) is 30.7. The summed E-state index contributed by atoms with van der Waals surface area (Å²) in [7, 11) is 0. The number of nitrogens with zero attached hydrogens (tertiary/aromatic N) is 3. The molecule has 7 nitrogen and oxygen atoms in total. The minimum Gasteiger partial charge on any atom is -0.491 e. The van der Waals surface area contributed by atoms with Crippen LogP contribution in [-0.4, -0.2) is 30.3 Å². The molecule has 1 aromatic carbocycles. The van der Waals surface area contributed by atoms with Gasteiger partial charge in [0.15, 0.2) is 4.80 Å². The van der Waals surface area contributed by atoms with E-state index in [1.165, 1.54) is 32.1 Å². The van der Waals surface area contributed by atoms with Crippen LogP contribution in [0.15, 0.2) is 34.4 Å². The van der Waals surface area contributed by atoms with Gasteiger partial charge in [0.05, 0.1) is 23.4 Å². The number of rotatable bonds is 18. The van der Waals surface area contributed by atoms with E-state index in [-0.39, 0.29) is 6.61 Å². The van der Waals surface area contributed by atoms with E-state index < -0.39 is 5.97 Å². The van der Waals surface area contributed by atoms with Crippen LogP contribution in [0.25, 0.3) is 10.2 Å². The number of carbonyl (C=O) groups is 1. The fraction of sp³-hybridized carbons (Fsp3) is 0.655. The fourth-order valence-corrected chi connectivity index (χ4v) is 5.35. The normalized spacial score (nSPS) is 13.5. The second-order valence-corrected chi connectivity index (χ2v) is 10.8. The highest BCUT2D eigenvalue weighted by Gasteiger charge is 2.17. The van der Waals surface area contributed by atoms with E-state index in [0.29, 0.717) is 42.0 Å². The van der Waals surface area contributed by atoms with Crippen molar-refractivity contribution in [3.8, 4) is 5.75 Å². The average molecular weight is 531 g/mol. The minimum absolute atomic E-state index is 0.213. The quantitative estimate of drug-likeness (QED) is 0.0911. The zero-order valence-electron chi connectivity index (χ0n) is 23.5. The molecule has 206 valence electrons. The Morgan fingerprint density at radius 3 is 2.38 bits per heavy atom. The lowest BCUT2D eigenvalue weighted by molar-refractivity contribution is -0.138. The molecule has 0 radical (unpaired) electrons. The number of nitrogens with one attached hydrogen (secondary N) is 1. The van der Waals surface area contributed by atoms with Gasteiger partial charge < -0.3 is 14.0 Å².